The lowest BCUT2D eigenvalue weighted by atomic mass is 10.1. The summed E-state index contributed by atoms with van der Waals surface area (Å²) in [7, 11) is 0. The summed E-state index contributed by atoms with van der Waals surface area (Å²) in [4.78, 5) is 30.2. The van der Waals surface area contributed by atoms with Crippen molar-refractivity contribution >= 4 is 22.6 Å². The molecular weight excluding hydrogens is 495 g/mol. The van der Waals surface area contributed by atoms with Crippen molar-refractivity contribution < 1.29 is 35.5 Å². The van der Waals surface area contributed by atoms with E-state index in [9.17, 15) is 40.3 Å². The topological polar surface area (TPSA) is 64.0 Å². The molecule has 0 aliphatic heterocycles. The van der Waals surface area contributed by atoms with Crippen LogP contribution in [-0.2, 0) is 18.9 Å². The first-order valence-corrected chi connectivity index (χ1v) is 10.2. The van der Waals surface area contributed by atoms with Crippen LogP contribution in [0.5, 0.6) is 0 Å². The number of pyridine rings is 2. The maximum atomic E-state index is 13.3. The normalized spacial score (nSPS) is 12.1. The zero-order chi connectivity index (χ0) is 26.3. The number of amides is 1. The largest absolute Gasteiger partial charge is 0.416 e. The van der Waals surface area contributed by atoms with Gasteiger partial charge in [0.05, 0.1) is 17.7 Å². The van der Waals surface area contributed by atoms with Crippen LogP contribution in [0, 0.1) is 5.82 Å². The van der Waals surface area contributed by atoms with Crippen LogP contribution in [0.4, 0.5) is 36.4 Å². The number of nitrogens with one attached hydrogen (secondary N) is 1. The first kappa shape index (κ1) is 24.9. The van der Waals surface area contributed by atoms with Crippen LogP contribution in [0.2, 0.25) is 0 Å². The third kappa shape index (κ3) is 5.21. The number of hydrogen-bond donors (Lipinski definition) is 1. The molecular formula is C24H14F7N3O2. The maximum Gasteiger partial charge on any atom is 0.416 e. The summed E-state index contributed by atoms with van der Waals surface area (Å²) in [5, 5.41) is 2.27. The molecule has 4 aromatic rings. The van der Waals surface area contributed by atoms with E-state index in [4.69, 9.17) is 0 Å². The van der Waals surface area contributed by atoms with Gasteiger partial charge < -0.3 is 5.32 Å². The Kier molecular flexibility index (Phi) is 6.29. The number of alkyl halides is 6. The molecule has 2 heterocycles. The standard InChI is InChI=1S/C24H14F7N3O2/c25-17-5-3-13(4-6-17)12-34-20-14(2-1-7-32-20)8-19(22(34)36)21(35)33-18-10-15(23(26,27)28)9-16(11-18)24(29,30)31/h1-11H,12H2,(H,33,35). The number of benzene rings is 2. The molecule has 0 aliphatic carbocycles. The molecule has 0 saturated heterocycles. The van der Waals surface area contributed by atoms with E-state index >= 15 is 0 Å². The summed E-state index contributed by atoms with van der Waals surface area (Å²) in [6.07, 6.45) is -8.83. The molecule has 186 valence electrons. The first-order valence-electron chi connectivity index (χ1n) is 10.2. The number of carbonyl (C=O) groups is 1. The minimum Gasteiger partial charge on any atom is -0.322 e. The van der Waals surface area contributed by atoms with Gasteiger partial charge in [-0.05, 0) is 54.1 Å². The lowest BCUT2D eigenvalue weighted by Gasteiger charge is -2.15. The van der Waals surface area contributed by atoms with Gasteiger partial charge in [0.15, 0.2) is 0 Å². The van der Waals surface area contributed by atoms with Gasteiger partial charge in [0.25, 0.3) is 11.5 Å². The minimum atomic E-state index is -5.11. The Balaban J connectivity index is 1.78. The smallest absolute Gasteiger partial charge is 0.322 e. The minimum absolute atomic E-state index is 0.0764. The Morgan fingerprint density at radius 1 is 0.889 bits per heavy atom. The molecule has 0 radical (unpaired) electrons. The molecule has 0 atom stereocenters. The van der Waals surface area contributed by atoms with Crippen LogP contribution in [0.25, 0.3) is 11.0 Å². The summed E-state index contributed by atoms with van der Waals surface area (Å²) in [6.45, 7) is -0.129. The van der Waals surface area contributed by atoms with Gasteiger partial charge in [-0.25, -0.2) is 9.37 Å². The Hall–Kier alpha value is -4.22. The van der Waals surface area contributed by atoms with E-state index in [1.54, 1.807) is 0 Å². The van der Waals surface area contributed by atoms with E-state index in [-0.39, 0.29) is 18.3 Å². The molecule has 2 aromatic carbocycles. The van der Waals surface area contributed by atoms with Crippen molar-refractivity contribution in [2.24, 2.45) is 0 Å². The zero-order valence-corrected chi connectivity index (χ0v) is 17.9. The van der Waals surface area contributed by atoms with E-state index < -0.39 is 52.0 Å². The molecule has 1 N–H and O–H groups in total. The lowest BCUT2D eigenvalue weighted by Crippen LogP contribution is -2.30. The fourth-order valence-electron chi connectivity index (χ4n) is 3.51. The highest BCUT2D eigenvalue weighted by molar-refractivity contribution is 6.05. The Labute approximate surface area is 197 Å². The first-order chi connectivity index (χ1) is 16.8. The van der Waals surface area contributed by atoms with Crippen LogP contribution < -0.4 is 10.9 Å². The predicted molar refractivity (Wildman–Crippen MR) is 116 cm³/mol. The van der Waals surface area contributed by atoms with Crippen molar-refractivity contribution in [2.75, 3.05) is 5.32 Å². The molecule has 5 nitrogen and oxygen atoms in total. The predicted octanol–water partition coefficient (Wildman–Crippen LogP) is 5.87. The highest BCUT2D eigenvalue weighted by Crippen LogP contribution is 2.37. The van der Waals surface area contributed by atoms with Crippen molar-refractivity contribution in [1.29, 1.82) is 0 Å². The van der Waals surface area contributed by atoms with Gasteiger partial charge in [-0.3, -0.25) is 14.2 Å². The molecule has 0 fully saturated rings. The summed E-state index contributed by atoms with van der Waals surface area (Å²) in [5.41, 5.74) is -4.82. The van der Waals surface area contributed by atoms with Gasteiger partial charge in [0, 0.05) is 17.3 Å². The number of anilines is 1. The summed E-state index contributed by atoms with van der Waals surface area (Å²) in [6, 6.07) is 9.92. The SMILES string of the molecule is O=C(Nc1cc(C(F)(F)F)cc(C(F)(F)F)c1)c1cc2cccnc2n(Cc2ccc(F)cc2)c1=O. The molecule has 4 rings (SSSR count). The van der Waals surface area contributed by atoms with Crippen LogP contribution in [0.15, 0.2) is 71.7 Å². The molecule has 0 saturated carbocycles. The van der Waals surface area contributed by atoms with E-state index in [2.05, 4.69) is 4.98 Å². The summed E-state index contributed by atoms with van der Waals surface area (Å²) < 4.78 is 93.3. The van der Waals surface area contributed by atoms with E-state index in [1.165, 1.54) is 42.6 Å². The number of nitrogens with zero attached hydrogens (tertiary/aromatic N) is 2. The van der Waals surface area contributed by atoms with E-state index in [1.807, 2.05) is 5.32 Å². The number of fused-ring (bicyclic) bond motifs is 1. The second-order valence-corrected chi connectivity index (χ2v) is 7.74. The third-order valence-corrected chi connectivity index (χ3v) is 5.19. The number of halogens is 7. The second kappa shape index (κ2) is 9.10. The molecule has 1 amide bonds. The summed E-state index contributed by atoms with van der Waals surface area (Å²) in [5.74, 6) is -1.73. The van der Waals surface area contributed by atoms with Gasteiger partial charge in [0.2, 0.25) is 0 Å². The van der Waals surface area contributed by atoms with Gasteiger partial charge in [0.1, 0.15) is 17.0 Å². The zero-order valence-electron chi connectivity index (χ0n) is 17.9. The quantitative estimate of drug-likeness (QED) is 0.350. The van der Waals surface area contributed by atoms with Crippen molar-refractivity contribution in [2.45, 2.75) is 18.9 Å². The average Bonchev–Trinajstić information content (AvgIpc) is 2.80. The fourth-order valence-corrected chi connectivity index (χ4v) is 3.51. The molecule has 12 heteroatoms. The molecule has 2 aromatic heterocycles. The number of aromatic nitrogens is 2. The van der Waals surface area contributed by atoms with Gasteiger partial charge in [-0.1, -0.05) is 12.1 Å². The summed E-state index contributed by atoms with van der Waals surface area (Å²) >= 11 is 0. The fraction of sp³-hybridized carbons (Fsp3) is 0.125. The molecule has 0 bridgehead atoms. The second-order valence-electron chi connectivity index (χ2n) is 7.74. The highest BCUT2D eigenvalue weighted by Gasteiger charge is 2.37. The average molecular weight is 509 g/mol. The monoisotopic (exact) mass is 509 g/mol. The number of hydrogen-bond acceptors (Lipinski definition) is 3. The van der Waals surface area contributed by atoms with Crippen molar-refractivity contribution in [3.05, 3.63) is 105 Å². The van der Waals surface area contributed by atoms with Crippen molar-refractivity contribution in [1.82, 2.24) is 9.55 Å². The Bertz CT molecular complexity index is 1480. The highest BCUT2D eigenvalue weighted by atomic mass is 19.4. The maximum absolute atomic E-state index is 13.3. The molecule has 0 spiro atoms. The van der Waals surface area contributed by atoms with Crippen LogP contribution >= 0.6 is 0 Å². The van der Waals surface area contributed by atoms with Crippen molar-refractivity contribution in [3.63, 3.8) is 0 Å². The van der Waals surface area contributed by atoms with E-state index in [0.717, 1.165) is 10.6 Å². The Morgan fingerprint density at radius 3 is 2.08 bits per heavy atom. The Morgan fingerprint density at radius 2 is 1.50 bits per heavy atom. The van der Waals surface area contributed by atoms with Crippen LogP contribution in [-0.4, -0.2) is 15.5 Å². The molecule has 0 aliphatic rings. The van der Waals surface area contributed by atoms with Crippen LogP contribution in [0.3, 0.4) is 0 Å². The third-order valence-electron chi connectivity index (χ3n) is 5.19. The van der Waals surface area contributed by atoms with Gasteiger partial charge in [-0.15, -0.1) is 0 Å². The lowest BCUT2D eigenvalue weighted by molar-refractivity contribution is -0.143. The number of carbonyl (C=O) groups excluding carboxylic acids is 1. The molecule has 36 heavy (non-hydrogen) atoms. The van der Waals surface area contributed by atoms with Gasteiger partial charge in [-0.2, -0.15) is 26.3 Å². The van der Waals surface area contributed by atoms with Crippen LogP contribution in [0.1, 0.15) is 27.0 Å². The molecule has 0 unspecified atom stereocenters. The van der Waals surface area contributed by atoms with Gasteiger partial charge >= 0.3 is 12.4 Å². The number of rotatable bonds is 4. The van der Waals surface area contributed by atoms with E-state index in [0.29, 0.717) is 23.1 Å². The van der Waals surface area contributed by atoms with Crippen molar-refractivity contribution in [3.8, 4) is 0 Å².